The van der Waals surface area contributed by atoms with Crippen LogP contribution in [0.5, 0.6) is 0 Å². The smallest absolute Gasteiger partial charge is 0.249 e. The highest BCUT2D eigenvalue weighted by Crippen LogP contribution is 2.28. The summed E-state index contributed by atoms with van der Waals surface area (Å²) in [6, 6.07) is 18.2. The number of nitrogens with zero attached hydrogens (tertiary/aromatic N) is 2. The third-order valence-electron chi connectivity index (χ3n) is 5.71. The number of likely N-dealkylation sites (tertiary alicyclic amines) is 1. The molecule has 1 N–H and O–H groups in total. The SMILES string of the molecule is CN(C)[C@](C)(C(=O)Nc1cccc(CN2CCCCC2)c1)c1ccccc1. The van der Waals surface area contributed by atoms with Crippen LogP contribution in [-0.4, -0.2) is 42.9 Å². The van der Waals surface area contributed by atoms with Gasteiger partial charge in [-0.25, -0.2) is 0 Å². The second-order valence-corrected chi connectivity index (χ2v) is 7.82. The van der Waals surface area contributed by atoms with Gasteiger partial charge in [-0.15, -0.1) is 0 Å². The van der Waals surface area contributed by atoms with Crippen LogP contribution in [-0.2, 0) is 16.9 Å². The lowest BCUT2D eigenvalue weighted by atomic mass is 9.89. The molecule has 0 bridgehead atoms. The van der Waals surface area contributed by atoms with Crippen LogP contribution in [0.15, 0.2) is 54.6 Å². The van der Waals surface area contributed by atoms with Crippen LogP contribution < -0.4 is 5.32 Å². The number of carbonyl (C=O) groups excluding carboxylic acids is 1. The minimum Gasteiger partial charge on any atom is -0.324 e. The molecule has 2 aromatic rings. The molecule has 0 spiro atoms. The van der Waals surface area contributed by atoms with Crippen molar-refractivity contribution in [3.05, 3.63) is 65.7 Å². The third kappa shape index (κ3) is 4.57. The first kappa shape index (κ1) is 19.6. The van der Waals surface area contributed by atoms with Gasteiger partial charge in [-0.2, -0.15) is 0 Å². The van der Waals surface area contributed by atoms with Gasteiger partial charge in [0.2, 0.25) is 5.91 Å². The van der Waals surface area contributed by atoms with Crippen LogP contribution in [0.3, 0.4) is 0 Å². The highest BCUT2D eigenvalue weighted by Gasteiger charge is 2.37. The molecule has 1 aliphatic rings. The molecular weight excluding hydrogens is 334 g/mol. The van der Waals surface area contributed by atoms with Crippen LogP contribution in [0.2, 0.25) is 0 Å². The number of anilines is 1. The Morgan fingerprint density at radius 1 is 1.04 bits per heavy atom. The van der Waals surface area contributed by atoms with Crippen molar-refractivity contribution in [2.24, 2.45) is 0 Å². The Bertz CT molecular complexity index is 753. The zero-order valence-electron chi connectivity index (χ0n) is 16.7. The maximum Gasteiger partial charge on any atom is 0.249 e. The molecular formula is C23H31N3O. The van der Waals surface area contributed by atoms with Gasteiger partial charge in [0.25, 0.3) is 0 Å². The van der Waals surface area contributed by atoms with E-state index < -0.39 is 5.54 Å². The Morgan fingerprint density at radius 3 is 2.41 bits per heavy atom. The summed E-state index contributed by atoms with van der Waals surface area (Å²) >= 11 is 0. The van der Waals surface area contributed by atoms with Crippen molar-refractivity contribution in [2.45, 2.75) is 38.3 Å². The molecule has 3 rings (SSSR count). The Hall–Kier alpha value is -2.17. The van der Waals surface area contributed by atoms with Crippen molar-refractivity contribution in [3.8, 4) is 0 Å². The number of hydrogen-bond donors (Lipinski definition) is 1. The monoisotopic (exact) mass is 365 g/mol. The van der Waals surface area contributed by atoms with Gasteiger partial charge in [-0.3, -0.25) is 14.6 Å². The third-order valence-corrected chi connectivity index (χ3v) is 5.71. The number of piperidine rings is 1. The van der Waals surface area contributed by atoms with Crippen LogP contribution in [0, 0.1) is 0 Å². The molecule has 0 unspecified atom stereocenters. The summed E-state index contributed by atoms with van der Waals surface area (Å²) in [5, 5.41) is 3.14. The number of carbonyl (C=O) groups is 1. The van der Waals surface area contributed by atoms with Crippen LogP contribution in [0.4, 0.5) is 5.69 Å². The van der Waals surface area contributed by atoms with E-state index in [0.29, 0.717) is 0 Å². The molecule has 0 aromatic heterocycles. The first-order chi connectivity index (χ1) is 13.0. The quantitative estimate of drug-likeness (QED) is 0.837. The molecule has 4 nitrogen and oxygen atoms in total. The van der Waals surface area contributed by atoms with Gasteiger partial charge in [0.15, 0.2) is 0 Å². The van der Waals surface area contributed by atoms with Gasteiger partial charge in [0.05, 0.1) is 0 Å². The predicted molar refractivity (Wildman–Crippen MR) is 112 cm³/mol. The minimum absolute atomic E-state index is 0.0196. The van der Waals surface area contributed by atoms with E-state index in [-0.39, 0.29) is 5.91 Å². The predicted octanol–water partition coefficient (Wildman–Crippen LogP) is 4.09. The van der Waals surface area contributed by atoms with Crippen molar-refractivity contribution in [1.82, 2.24) is 9.80 Å². The van der Waals surface area contributed by atoms with Crippen LogP contribution >= 0.6 is 0 Å². The lowest BCUT2D eigenvalue weighted by Gasteiger charge is -2.35. The normalized spacial score (nSPS) is 17.5. The van der Waals surface area contributed by atoms with Crippen molar-refractivity contribution < 1.29 is 4.79 Å². The Morgan fingerprint density at radius 2 is 1.74 bits per heavy atom. The Kier molecular flexibility index (Phi) is 6.30. The van der Waals surface area contributed by atoms with Gasteiger partial charge in [0.1, 0.15) is 5.54 Å². The van der Waals surface area contributed by atoms with E-state index in [1.165, 1.54) is 37.9 Å². The fourth-order valence-electron chi connectivity index (χ4n) is 3.73. The summed E-state index contributed by atoms with van der Waals surface area (Å²) in [7, 11) is 3.89. The number of nitrogens with one attached hydrogen (secondary N) is 1. The van der Waals surface area contributed by atoms with Gasteiger partial charge < -0.3 is 5.32 Å². The summed E-state index contributed by atoms with van der Waals surface area (Å²) in [6.45, 7) is 5.26. The van der Waals surface area contributed by atoms with Crippen molar-refractivity contribution >= 4 is 11.6 Å². The molecule has 0 radical (unpaired) electrons. The molecule has 1 aliphatic heterocycles. The molecule has 2 aromatic carbocycles. The molecule has 1 heterocycles. The number of amides is 1. The fourth-order valence-corrected chi connectivity index (χ4v) is 3.73. The number of rotatable bonds is 6. The average molecular weight is 366 g/mol. The highest BCUT2D eigenvalue weighted by atomic mass is 16.2. The largest absolute Gasteiger partial charge is 0.324 e. The highest BCUT2D eigenvalue weighted by molar-refractivity contribution is 5.98. The molecule has 27 heavy (non-hydrogen) atoms. The molecule has 1 fully saturated rings. The molecule has 0 aliphatic carbocycles. The molecule has 1 amide bonds. The standard InChI is InChI=1S/C23H31N3O/c1-23(25(2)3,20-12-6-4-7-13-20)22(27)24-21-14-10-11-19(17-21)18-26-15-8-5-9-16-26/h4,6-7,10-14,17H,5,8-9,15-16,18H2,1-3H3,(H,24,27)/t23-/m0/s1. The van der Waals surface area contributed by atoms with E-state index in [2.05, 4.69) is 22.3 Å². The topological polar surface area (TPSA) is 35.6 Å². The lowest BCUT2D eigenvalue weighted by molar-refractivity contribution is -0.126. The maximum atomic E-state index is 13.2. The van der Waals surface area contributed by atoms with Crippen LogP contribution in [0.1, 0.15) is 37.3 Å². The minimum atomic E-state index is -0.732. The summed E-state index contributed by atoms with van der Waals surface area (Å²) in [5.74, 6) is -0.0196. The molecule has 4 heteroatoms. The summed E-state index contributed by atoms with van der Waals surface area (Å²) in [6.07, 6.45) is 3.92. The van der Waals surface area contributed by atoms with Crippen molar-refractivity contribution in [3.63, 3.8) is 0 Å². The number of hydrogen-bond acceptors (Lipinski definition) is 3. The Balaban J connectivity index is 1.75. The molecule has 0 saturated carbocycles. The fraction of sp³-hybridized carbons (Fsp3) is 0.435. The summed E-state index contributed by atoms with van der Waals surface area (Å²) < 4.78 is 0. The summed E-state index contributed by atoms with van der Waals surface area (Å²) in [5.41, 5.74) is 2.36. The molecule has 1 saturated heterocycles. The maximum absolute atomic E-state index is 13.2. The average Bonchev–Trinajstić information content (AvgIpc) is 2.69. The van der Waals surface area contributed by atoms with E-state index in [4.69, 9.17) is 0 Å². The van der Waals surface area contributed by atoms with E-state index in [1.807, 2.05) is 68.4 Å². The van der Waals surface area contributed by atoms with E-state index >= 15 is 0 Å². The van der Waals surface area contributed by atoms with Gasteiger partial charge in [-0.05, 0) is 70.2 Å². The van der Waals surface area contributed by atoms with Gasteiger partial charge in [-0.1, -0.05) is 48.9 Å². The number of likely N-dealkylation sites (N-methyl/N-ethyl adjacent to an activating group) is 1. The van der Waals surface area contributed by atoms with Crippen molar-refractivity contribution in [2.75, 3.05) is 32.5 Å². The first-order valence-corrected chi connectivity index (χ1v) is 9.86. The molecule has 144 valence electrons. The zero-order chi connectivity index (χ0) is 19.3. The Labute approximate surface area is 163 Å². The first-order valence-electron chi connectivity index (χ1n) is 9.86. The second-order valence-electron chi connectivity index (χ2n) is 7.82. The zero-order valence-corrected chi connectivity index (χ0v) is 16.7. The van der Waals surface area contributed by atoms with Crippen LogP contribution in [0.25, 0.3) is 0 Å². The number of benzene rings is 2. The summed E-state index contributed by atoms with van der Waals surface area (Å²) in [4.78, 5) is 17.7. The van der Waals surface area contributed by atoms with E-state index in [9.17, 15) is 4.79 Å². The van der Waals surface area contributed by atoms with E-state index in [0.717, 1.165) is 17.8 Å². The molecule has 1 atom stereocenters. The van der Waals surface area contributed by atoms with Gasteiger partial charge >= 0.3 is 0 Å². The lowest BCUT2D eigenvalue weighted by Crippen LogP contribution is -2.48. The van der Waals surface area contributed by atoms with Gasteiger partial charge in [0, 0.05) is 12.2 Å². The second kappa shape index (κ2) is 8.68. The van der Waals surface area contributed by atoms with Crippen molar-refractivity contribution in [1.29, 1.82) is 0 Å². The van der Waals surface area contributed by atoms with E-state index in [1.54, 1.807) is 0 Å².